The fourth-order valence-electron chi connectivity index (χ4n) is 3.93. The van der Waals surface area contributed by atoms with Crippen molar-refractivity contribution < 1.29 is 14.3 Å². The van der Waals surface area contributed by atoms with Crippen molar-refractivity contribution in [3.05, 3.63) is 82.4 Å². The van der Waals surface area contributed by atoms with Gasteiger partial charge in [-0.05, 0) is 62.2 Å². The fraction of sp³-hybridized carbons (Fsp3) is 0.222. The fourth-order valence-corrected chi connectivity index (χ4v) is 4.86. The van der Waals surface area contributed by atoms with Crippen molar-refractivity contribution in [2.75, 3.05) is 24.3 Å². The second-order valence-electron chi connectivity index (χ2n) is 8.26. The molecule has 0 radical (unpaired) electrons. The van der Waals surface area contributed by atoms with E-state index in [2.05, 4.69) is 27.8 Å². The Balaban J connectivity index is 1.41. The SMILES string of the molecule is COc1cccc(C(=O)CCNc2nc3ccc(C(=O)Nc4c(C)cc(C)cc4C)cc3s2)c1. The Morgan fingerprint density at radius 1 is 0.971 bits per heavy atom. The Hall–Kier alpha value is -3.71. The Kier molecular flexibility index (Phi) is 6.93. The van der Waals surface area contributed by atoms with E-state index in [0.29, 0.717) is 29.8 Å². The molecule has 0 aliphatic carbocycles. The van der Waals surface area contributed by atoms with Crippen LogP contribution in [0.1, 0.15) is 43.8 Å². The van der Waals surface area contributed by atoms with E-state index in [1.54, 1.807) is 25.3 Å². The number of nitrogens with one attached hydrogen (secondary N) is 2. The molecule has 0 aliphatic rings. The molecule has 7 heteroatoms. The monoisotopic (exact) mass is 473 g/mol. The number of Topliss-reactive ketones (excluding diaryl/α,β-unsaturated/α-hetero) is 1. The number of carbonyl (C=O) groups excluding carboxylic acids is 2. The van der Waals surface area contributed by atoms with Crippen LogP contribution in [0.2, 0.25) is 0 Å². The molecule has 0 aliphatic heterocycles. The number of hydrogen-bond donors (Lipinski definition) is 2. The first-order valence-electron chi connectivity index (χ1n) is 11.0. The minimum Gasteiger partial charge on any atom is -0.497 e. The molecule has 4 rings (SSSR count). The van der Waals surface area contributed by atoms with E-state index in [4.69, 9.17) is 4.74 Å². The van der Waals surface area contributed by atoms with E-state index in [9.17, 15) is 9.59 Å². The van der Waals surface area contributed by atoms with Gasteiger partial charge in [0.15, 0.2) is 10.9 Å². The predicted octanol–water partition coefficient (Wildman–Crippen LogP) is 6.17. The molecule has 0 bridgehead atoms. The van der Waals surface area contributed by atoms with Crippen LogP contribution in [0, 0.1) is 20.8 Å². The first kappa shape index (κ1) is 23.4. The van der Waals surface area contributed by atoms with E-state index >= 15 is 0 Å². The molecule has 174 valence electrons. The van der Waals surface area contributed by atoms with Gasteiger partial charge in [0.2, 0.25) is 0 Å². The molecule has 0 atom stereocenters. The normalized spacial score (nSPS) is 10.8. The van der Waals surface area contributed by atoms with Crippen LogP contribution < -0.4 is 15.4 Å². The number of rotatable bonds is 8. The Bertz CT molecular complexity index is 1350. The molecular weight excluding hydrogens is 446 g/mol. The number of benzene rings is 3. The predicted molar refractivity (Wildman–Crippen MR) is 139 cm³/mol. The van der Waals surface area contributed by atoms with E-state index in [0.717, 1.165) is 32.2 Å². The highest BCUT2D eigenvalue weighted by Crippen LogP contribution is 2.28. The lowest BCUT2D eigenvalue weighted by Crippen LogP contribution is -2.13. The molecule has 1 aromatic heterocycles. The molecule has 1 heterocycles. The van der Waals surface area contributed by atoms with Crippen LogP contribution in [-0.4, -0.2) is 30.3 Å². The van der Waals surface area contributed by atoms with Gasteiger partial charge >= 0.3 is 0 Å². The van der Waals surface area contributed by atoms with Crippen molar-refractivity contribution >= 4 is 44.1 Å². The van der Waals surface area contributed by atoms with Gasteiger partial charge in [0.05, 0.1) is 17.3 Å². The van der Waals surface area contributed by atoms with E-state index < -0.39 is 0 Å². The molecule has 6 nitrogen and oxygen atoms in total. The van der Waals surface area contributed by atoms with Gasteiger partial charge in [-0.15, -0.1) is 0 Å². The van der Waals surface area contributed by atoms with Crippen LogP contribution in [0.3, 0.4) is 0 Å². The number of aromatic nitrogens is 1. The first-order chi connectivity index (χ1) is 16.3. The maximum atomic E-state index is 12.9. The standard InChI is InChI=1S/C27H27N3O3S/c1-16-12-17(2)25(18(3)13-16)30-26(32)20-8-9-22-24(15-20)34-27(29-22)28-11-10-23(31)19-6-5-7-21(14-19)33-4/h5-9,12-15H,10-11H2,1-4H3,(H,28,29)(H,30,32). The summed E-state index contributed by atoms with van der Waals surface area (Å²) < 4.78 is 6.09. The van der Waals surface area contributed by atoms with Gasteiger partial charge < -0.3 is 15.4 Å². The lowest BCUT2D eigenvalue weighted by atomic mass is 10.0. The Labute approximate surface area is 203 Å². The number of nitrogens with zero attached hydrogens (tertiary/aromatic N) is 1. The van der Waals surface area contributed by atoms with E-state index in [1.165, 1.54) is 16.9 Å². The quantitative estimate of drug-likeness (QED) is 0.299. The topological polar surface area (TPSA) is 80.3 Å². The number of anilines is 2. The summed E-state index contributed by atoms with van der Waals surface area (Å²) in [6.07, 6.45) is 0.339. The number of ketones is 1. The summed E-state index contributed by atoms with van der Waals surface area (Å²) in [7, 11) is 1.58. The van der Waals surface area contributed by atoms with Gasteiger partial charge in [0.1, 0.15) is 5.75 Å². The van der Waals surface area contributed by atoms with Crippen molar-refractivity contribution in [2.45, 2.75) is 27.2 Å². The van der Waals surface area contributed by atoms with E-state index in [-0.39, 0.29) is 11.7 Å². The van der Waals surface area contributed by atoms with Gasteiger partial charge in [-0.25, -0.2) is 4.98 Å². The summed E-state index contributed by atoms with van der Waals surface area (Å²) >= 11 is 1.46. The molecule has 34 heavy (non-hydrogen) atoms. The molecule has 0 fully saturated rings. The van der Waals surface area contributed by atoms with Crippen molar-refractivity contribution in [2.24, 2.45) is 0 Å². The summed E-state index contributed by atoms with van der Waals surface area (Å²) in [6.45, 7) is 6.51. The molecule has 0 saturated heterocycles. The zero-order valence-corrected chi connectivity index (χ0v) is 20.5. The molecule has 0 unspecified atom stereocenters. The molecule has 0 saturated carbocycles. The highest BCUT2D eigenvalue weighted by atomic mass is 32.1. The lowest BCUT2D eigenvalue weighted by molar-refractivity contribution is 0.0984. The maximum Gasteiger partial charge on any atom is 0.255 e. The second kappa shape index (κ2) is 10.1. The molecule has 3 aromatic carbocycles. The summed E-state index contributed by atoms with van der Waals surface area (Å²) in [5, 5.41) is 6.99. The van der Waals surface area contributed by atoms with Gasteiger partial charge in [-0.1, -0.05) is 41.2 Å². The van der Waals surface area contributed by atoms with Crippen LogP contribution in [-0.2, 0) is 0 Å². The number of methoxy groups -OCH3 is 1. The van der Waals surface area contributed by atoms with Crippen LogP contribution in [0.25, 0.3) is 10.2 Å². The number of aryl methyl sites for hydroxylation is 3. The van der Waals surface area contributed by atoms with Crippen molar-refractivity contribution in [3.8, 4) is 5.75 Å². The summed E-state index contributed by atoms with van der Waals surface area (Å²) in [6, 6.07) is 16.8. The third kappa shape index (κ3) is 5.26. The number of thiazole rings is 1. The number of ether oxygens (including phenoxy) is 1. The highest BCUT2D eigenvalue weighted by molar-refractivity contribution is 7.22. The Morgan fingerprint density at radius 3 is 2.47 bits per heavy atom. The summed E-state index contributed by atoms with van der Waals surface area (Å²) in [5.41, 5.74) is 6.12. The largest absolute Gasteiger partial charge is 0.497 e. The molecular formula is C27H27N3O3S. The number of amides is 1. The molecule has 4 aromatic rings. The Morgan fingerprint density at radius 2 is 1.74 bits per heavy atom. The van der Waals surface area contributed by atoms with Crippen LogP contribution in [0.15, 0.2) is 54.6 Å². The smallest absolute Gasteiger partial charge is 0.255 e. The van der Waals surface area contributed by atoms with E-state index in [1.807, 2.05) is 45.0 Å². The lowest BCUT2D eigenvalue weighted by Gasteiger charge is -2.12. The average molecular weight is 474 g/mol. The van der Waals surface area contributed by atoms with Crippen LogP contribution in [0.5, 0.6) is 5.75 Å². The second-order valence-corrected chi connectivity index (χ2v) is 9.29. The van der Waals surface area contributed by atoms with Gasteiger partial charge in [0, 0.05) is 29.8 Å². The van der Waals surface area contributed by atoms with Crippen molar-refractivity contribution in [1.29, 1.82) is 0 Å². The van der Waals surface area contributed by atoms with Crippen LogP contribution >= 0.6 is 11.3 Å². The minimum atomic E-state index is -0.149. The maximum absolute atomic E-state index is 12.9. The van der Waals surface area contributed by atoms with Crippen molar-refractivity contribution in [1.82, 2.24) is 4.98 Å². The average Bonchev–Trinajstić information content (AvgIpc) is 3.23. The number of carbonyl (C=O) groups is 2. The van der Waals surface area contributed by atoms with Crippen molar-refractivity contribution in [3.63, 3.8) is 0 Å². The van der Waals surface area contributed by atoms with Crippen LogP contribution in [0.4, 0.5) is 10.8 Å². The molecule has 1 amide bonds. The molecule has 0 spiro atoms. The summed E-state index contributed by atoms with van der Waals surface area (Å²) in [4.78, 5) is 29.9. The third-order valence-electron chi connectivity index (χ3n) is 5.59. The number of fused-ring (bicyclic) bond motifs is 1. The molecule has 2 N–H and O–H groups in total. The van der Waals surface area contributed by atoms with Gasteiger partial charge in [0.25, 0.3) is 5.91 Å². The van der Waals surface area contributed by atoms with Gasteiger partial charge in [-0.3, -0.25) is 9.59 Å². The minimum absolute atomic E-state index is 0.0353. The zero-order valence-electron chi connectivity index (χ0n) is 19.7. The summed E-state index contributed by atoms with van der Waals surface area (Å²) in [5.74, 6) is 0.550. The number of hydrogen-bond acceptors (Lipinski definition) is 6. The highest BCUT2D eigenvalue weighted by Gasteiger charge is 2.13. The van der Waals surface area contributed by atoms with Gasteiger partial charge in [-0.2, -0.15) is 0 Å². The third-order valence-corrected chi connectivity index (χ3v) is 6.56. The zero-order chi connectivity index (χ0) is 24.2. The first-order valence-corrected chi connectivity index (χ1v) is 11.9.